The predicted octanol–water partition coefficient (Wildman–Crippen LogP) is 7.26. The van der Waals surface area contributed by atoms with Crippen molar-refractivity contribution in [2.45, 2.75) is 104 Å². The summed E-state index contributed by atoms with van der Waals surface area (Å²) in [5.41, 5.74) is 2.25. The minimum atomic E-state index is -4.94. The lowest BCUT2D eigenvalue weighted by atomic mass is 9.79. The zero-order chi connectivity index (χ0) is 47.4. The second kappa shape index (κ2) is 17.5. The van der Waals surface area contributed by atoms with E-state index in [2.05, 4.69) is 5.32 Å². The number of allylic oxidation sites excluding steroid dienone is 6. The molecule has 1 amide bonds. The molecular weight excluding hydrogens is 907 g/mol. The number of nitrogens with one attached hydrogen (secondary N) is 1. The average molecular weight is 959 g/mol. The van der Waals surface area contributed by atoms with Gasteiger partial charge in [-0.1, -0.05) is 45.1 Å². The Morgan fingerprint density at radius 2 is 1.23 bits per heavy atom. The molecule has 0 saturated carbocycles. The molecule has 0 aromatic heterocycles. The molecule has 2 aliphatic heterocycles. The Labute approximate surface area is 374 Å². The van der Waals surface area contributed by atoms with Crippen molar-refractivity contribution < 1.29 is 61.3 Å². The van der Waals surface area contributed by atoms with Crippen molar-refractivity contribution in [3.8, 4) is 0 Å². The van der Waals surface area contributed by atoms with E-state index < -0.39 is 70.9 Å². The van der Waals surface area contributed by atoms with Crippen molar-refractivity contribution in [3.05, 3.63) is 95.7 Å². The quantitative estimate of drug-likeness (QED) is 0.0321. The van der Waals surface area contributed by atoms with E-state index in [4.69, 9.17) is 0 Å². The van der Waals surface area contributed by atoms with Gasteiger partial charge in [0.25, 0.3) is 40.5 Å². The number of unbranched alkanes of at least 4 members (excludes halogenated alkanes) is 2. The summed E-state index contributed by atoms with van der Waals surface area (Å²) in [6.07, 6.45) is 12.3. The molecule has 6 rings (SSSR count). The zero-order valence-corrected chi connectivity index (χ0v) is 39.4. The highest BCUT2D eigenvalue weighted by Gasteiger charge is 2.46. The van der Waals surface area contributed by atoms with Crippen LogP contribution in [0.5, 0.6) is 0 Å². The van der Waals surface area contributed by atoms with Crippen LogP contribution in [0.2, 0.25) is 0 Å². The summed E-state index contributed by atoms with van der Waals surface area (Å²) in [6.45, 7) is 13.0. The molecular formula is C44H52N3O13S4+. The van der Waals surface area contributed by atoms with E-state index in [-0.39, 0.29) is 27.5 Å². The van der Waals surface area contributed by atoms with Crippen molar-refractivity contribution in [2.24, 2.45) is 0 Å². The first-order valence-electron chi connectivity index (χ1n) is 20.5. The highest BCUT2D eigenvalue weighted by molar-refractivity contribution is 7.87. The van der Waals surface area contributed by atoms with Gasteiger partial charge in [-0.25, -0.2) is 0 Å². The monoisotopic (exact) mass is 958 g/mol. The van der Waals surface area contributed by atoms with Gasteiger partial charge in [-0.3, -0.25) is 23.0 Å². The summed E-state index contributed by atoms with van der Waals surface area (Å²) in [5.74, 6) is -0.0277. The van der Waals surface area contributed by atoms with Crippen LogP contribution in [0.1, 0.15) is 84.8 Å². The van der Waals surface area contributed by atoms with Gasteiger partial charge in [-0.15, -0.1) is 0 Å². The first-order chi connectivity index (χ1) is 29.6. The van der Waals surface area contributed by atoms with E-state index >= 15 is 0 Å². The number of amides is 1. The molecule has 0 unspecified atom stereocenters. The Kier molecular flexibility index (Phi) is 13.3. The summed E-state index contributed by atoms with van der Waals surface area (Å²) in [5, 5.41) is 3.44. The SMILES string of the molecule is CCCNC(=O)CCCCC[N+]1=C(/C=C/C=C/C=C2\N(CC)c3ccc4c(S(=O)(=O)O)cc(S(=O)(=O)O)cc4c3C2(C)C)C(C)(C)c2c1ccc1c(S(=O)(=O)O)cc(S(=O)(=O)O)cc21. The summed E-state index contributed by atoms with van der Waals surface area (Å²) < 4.78 is 142. The van der Waals surface area contributed by atoms with Gasteiger partial charge in [0, 0.05) is 71.2 Å². The van der Waals surface area contributed by atoms with E-state index in [1.165, 1.54) is 24.3 Å². The first-order valence-corrected chi connectivity index (χ1v) is 26.3. The fourth-order valence-corrected chi connectivity index (χ4v) is 11.7. The number of anilines is 1. The van der Waals surface area contributed by atoms with Crippen molar-refractivity contribution in [1.29, 1.82) is 0 Å². The second-order valence-corrected chi connectivity index (χ2v) is 22.5. The van der Waals surface area contributed by atoms with Gasteiger partial charge < -0.3 is 10.2 Å². The zero-order valence-electron chi connectivity index (χ0n) is 36.2. The third-order valence-electron chi connectivity index (χ3n) is 11.8. The molecule has 2 heterocycles. The molecule has 64 heavy (non-hydrogen) atoms. The Morgan fingerprint density at radius 3 is 1.77 bits per heavy atom. The molecule has 0 saturated heterocycles. The smallest absolute Gasteiger partial charge is 0.295 e. The second-order valence-electron chi connectivity index (χ2n) is 16.8. The number of fused-ring (bicyclic) bond motifs is 6. The maximum atomic E-state index is 12.6. The molecule has 4 aromatic rings. The van der Waals surface area contributed by atoms with E-state index in [1.807, 2.05) is 63.2 Å². The van der Waals surface area contributed by atoms with Crippen LogP contribution >= 0.6 is 0 Å². The molecule has 0 atom stereocenters. The fourth-order valence-electron chi connectivity index (χ4n) is 9.03. The number of rotatable bonds is 16. The van der Waals surface area contributed by atoms with Crippen LogP contribution in [0.4, 0.5) is 11.4 Å². The molecule has 0 fully saturated rings. The molecule has 0 aliphatic carbocycles. The minimum Gasteiger partial charge on any atom is -0.356 e. The molecule has 344 valence electrons. The molecule has 0 radical (unpaired) electrons. The lowest BCUT2D eigenvalue weighted by Gasteiger charge is -2.26. The molecule has 2 aliphatic rings. The maximum Gasteiger partial charge on any atom is 0.295 e. The summed E-state index contributed by atoms with van der Waals surface area (Å²) in [4.78, 5) is 11.5. The number of carbonyl (C=O) groups is 1. The number of nitrogens with zero attached hydrogens (tertiary/aromatic N) is 2. The third-order valence-corrected chi connectivity index (χ3v) is 15.3. The molecule has 4 aromatic carbocycles. The molecule has 20 heteroatoms. The Bertz CT molecular complexity index is 3190. The van der Waals surface area contributed by atoms with Crippen molar-refractivity contribution in [1.82, 2.24) is 5.32 Å². The Balaban J connectivity index is 1.42. The third kappa shape index (κ3) is 9.32. The van der Waals surface area contributed by atoms with Gasteiger partial charge in [-0.2, -0.15) is 38.2 Å². The van der Waals surface area contributed by atoms with E-state index in [0.29, 0.717) is 67.8 Å². The van der Waals surface area contributed by atoms with Gasteiger partial charge in [0.1, 0.15) is 16.3 Å². The number of hydrogen-bond acceptors (Lipinski definition) is 10. The van der Waals surface area contributed by atoms with Crippen molar-refractivity contribution in [2.75, 3.05) is 24.5 Å². The van der Waals surface area contributed by atoms with Gasteiger partial charge in [-0.05, 0) is 98.8 Å². The minimum absolute atomic E-state index is 0.0277. The fraction of sp³-hybridized carbons (Fsp3) is 0.364. The normalized spacial score (nSPS) is 17.1. The Hall–Kier alpha value is -4.80. The summed E-state index contributed by atoms with van der Waals surface area (Å²) >= 11 is 0. The highest BCUT2D eigenvalue weighted by atomic mass is 32.2. The van der Waals surface area contributed by atoms with Gasteiger partial charge in [0.2, 0.25) is 11.6 Å². The number of carbonyl (C=O) groups excluding carboxylic acids is 1. The average Bonchev–Trinajstić information content (AvgIpc) is 3.55. The van der Waals surface area contributed by atoms with Gasteiger partial charge >= 0.3 is 0 Å². The first kappa shape index (κ1) is 48.7. The standard InChI is InChI=1S/C44H51N3O13S4/c1-7-22-45-40(48)17-13-10-14-23-47-35-21-19-31-33(25-29(62(52,53)54)27-37(31)64(58,59)60)42(35)44(5,6)39(47)16-12-9-11-15-38-43(3,4)41-32-24-28(61(49,50)51)26-36(63(55,56)57)30(32)18-20-34(41)46(38)8-2/h9,11-12,15-16,18-21,24-27H,7-8,10,13-14,17,22-23H2,1-6H3,(H4-,45,48,49,50,51,52,53,54,55,56,57,58,59,60)/p+1. The lowest BCUT2D eigenvalue weighted by molar-refractivity contribution is -0.438. The van der Waals surface area contributed by atoms with Crippen LogP contribution in [-0.2, 0) is 56.1 Å². The summed E-state index contributed by atoms with van der Waals surface area (Å²) in [6, 6.07) is 10.2. The van der Waals surface area contributed by atoms with Crippen LogP contribution in [0, 0.1) is 0 Å². The van der Waals surface area contributed by atoms with Crippen LogP contribution in [0.25, 0.3) is 21.5 Å². The van der Waals surface area contributed by atoms with Crippen LogP contribution < -0.4 is 10.2 Å². The number of hydrogen-bond donors (Lipinski definition) is 5. The predicted molar refractivity (Wildman–Crippen MR) is 244 cm³/mol. The van der Waals surface area contributed by atoms with Gasteiger partial charge in [0.15, 0.2) is 5.71 Å². The maximum absolute atomic E-state index is 12.6. The molecule has 5 N–H and O–H groups in total. The van der Waals surface area contributed by atoms with E-state index in [1.54, 1.807) is 30.4 Å². The van der Waals surface area contributed by atoms with Gasteiger partial charge in [0.05, 0.1) is 15.2 Å². The topological polar surface area (TPSA) is 253 Å². The largest absolute Gasteiger partial charge is 0.356 e. The van der Waals surface area contributed by atoms with Crippen molar-refractivity contribution in [3.63, 3.8) is 0 Å². The highest BCUT2D eigenvalue weighted by Crippen LogP contribution is 2.52. The Morgan fingerprint density at radius 1 is 0.672 bits per heavy atom. The number of benzene rings is 4. The van der Waals surface area contributed by atoms with Crippen LogP contribution in [0.3, 0.4) is 0 Å². The molecule has 0 spiro atoms. The number of likely N-dealkylation sites (N-methyl/N-ethyl adjacent to an activating group) is 1. The van der Waals surface area contributed by atoms with Crippen LogP contribution in [-0.4, -0.2) is 87.7 Å². The lowest BCUT2D eigenvalue weighted by Crippen LogP contribution is -2.28. The van der Waals surface area contributed by atoms with E-state index in [9.17, 15) is 56.7 Å². The van der Waals surface area contributed by atoms with E-state index in [0.717, 1.165) is 30.0 Å². The van der Waals surface area contributed by atoms with Crippen LogP contribution in [0.15, 0.2) is 104 Å². The molecule has 16 nitrogen and oxygen atoms in total. The molecule has 0 bridgehead atoms. The summed E-state index contributed by atoms with van der Waals surface area (Å²) in [7, 11) is -19.6. The van der Waals surface area contributed by atoms with Crippen molar-refractivity contribution >= 4 is 85.0 Å².